The van der Waals surface area contributed by atoms with Crippen LogP contribution in [0, 0.1) is 23.6 Å². The number of aromatic hydroxyl groups is 1. The molecule has 3 aliphatic heterocycles. The topological polar surface area (TPSA) is 350 Å². The number of primary amides is 1. The zero-order chi connectivity index (χ0) is 70.0. The number of allylic oxidation sites excluding steroid dienone is 1. The molecule has 1 fully saturated rings. The van der Waals surface area contributed by atoms with Gasteiger partial charge in [-0.15, -0.1) is 12.6 Å². The molecule has 12 N–H and O–H groups in total. The molecule has 0 saturated carbocycles. The van der Waals surface area contributed by atoms with Crippen LogP contribution < -0.4 is 38.1 Å². The molecule has 0 spiro atoms. The van der Waals surface area contributed by atoms with E-state index in [9.17, 15) is 38.3 Å². The monoisotopic (exact) mass is 1400 g/mol. The number of hydrogen-bond acceptors (Lipinski definition) is 16. The molecular formula is C72H86FN11O11S3. The molecule has 520 valence electrons. The first kappa shape index (κ1) is 73.7. The highest BCUT2D eigenvalue weighted by Gasteiger charge is 2.48. The highest BCUT2D eigenvalue weighted by Crippen LogP contribution is 2.35. The maximum atomic E-state index is 15.2. The van der Waals surface area contributed by atoms with Crippen molar-refractivity contribution in [2.75, 3.05) is 31.1 Å². The fourth-order valence-electron chi connectivity index (χ4n) is 12.8. The van der Waals surface area contributed by atoms with Gasteiger partial charge in [-0.25, -0.2) is 4.39 Å². The predicted molar refractivity (Wildman–Crippen MR) is 379 cm³/mol. The Labute approximate surface area is 582 Å². The van der Waals surface area contributed by atoms with Crippen molar-refractivity contribution >= 4 is 123 Å². The number of rotatable bonds is 13. The number of amides is 7. The van der Waals surface area contributed by atoms with Gasteiger partial charge in [0.1, 0.15) is 23.7 Å². The van der Waals surface area contributed by atoms with Crippen LogP contribution in [0.4, 0.5) is 4.39 Å². The summed E-state index contributed by atoms with van der Waals surface area (Å²) < 4.78 is 14.9. The molecule has 0 unspecified atom stereocenters. The highest BCUT2D eigenvalue weighted by atomic mass is 32.2. The third-order valence-corrected chi connectivity index (χ3v) is 21.0. The minimum absolute atomic E-state index is 0.0306. The minimum Gasteiger partial charge on any atom is -0.508 e. The number of unbranched alkanes of at least 4 members (excludes halogenated alkanes) is 1. The van der Waals surface area contributed by atoms with Crippen LogP contribution >= 0.6 is 36.2 Å². The zero-order valence-corrected chi connectivity index (χ0v) is 57.5. The van der Waals surface area contributed by atoms with Crippen LogP contribution in [0.3, 0.4) is 0 Å². The number of hydrogen-bond donors (Lipinski definition) is 11. The number of phenolic OH excluding ortho intramolecular Hbond substituents is 1. The summed E-state index contributed by atoms with van der Waals surface area (Å²) in [5, 5.41) is 25.4. The van der Waals surface area contributed by atoms with Crippen LogP contribution in [0.25, 0.3) is 21.8 Å². The standard InChI is InChI=1S/C72H86FN11O11S3/c1-42-62(86)30-47(26-44-18-22-76-35-44)69(93)83-61(27-43-10-13-53(85)14-11-43)71(95)84-23-6-20-72(84,2)64(88)32-51(67(75)91)41-98-40-46-8-5-7-45(25-46)39-97-24-19-65(89)81-59(9-3-4-21-74)70(94)79-38-66(90)82-60(29-50-37-78-57-16-12-52(73)33-55(50)57)63(87)31-48(68(92)80-42)28-49-36-77-58-17-15-54(96)34-56(49)58/h5,7-8,10-17,22,25,33-37,42,47-48,51,59-61,77-78,85,96H,3-4,6,9,18-21,23-24,26-32,38-41,74H2,1-2H3,(H2,75,91)(H,79,94)(H,80,92)(H,81,89)(H,82,90)(H,83,93)/t42-,47-,48-,51+,59+,60+,61+,72+/m1/s1. The molecular weight excluding hydrogens is 1310 g/mol. The van der Waals surface area contributed by atoms with Crippen LogP contribution in [0.1, 0.15) is 112 Å². The number of carbonyl (C=O) groups is 10. The van der Waals surface area contributed by atoms with Crippen molar-refractivity contribution in [2.24, 2.45) is 34.2 Å². The SMILES string of the molecule is C[C@H]1NC(=O)[C@H](Cc2c[nH]c3ccc(S)cc23)CC(=O)[C@H](Cc2c[nH]c3ccc(F)cc23)NC(=O)CNC(=O)[C@H](CCCCN)NC(=O)CCSCc2cccc(c2)CSC[C@@H](C(N)=O)CC(=O)[C@]2(C)CCCN2C(=O)[C@H](Cc2ccc(O)cc2)NC(=O)[C@H](CC2=CN=CC2)CC1=O. The number of thioether (sulfide) groups is 2. The number of carbonyl (C=O) groups excluding carboxylic acids is 10. The van der Waals surface area contributed by atoms with Gasteiger partial charge in [-0.1, -0.05) is 36.4 Å². The Balaban J connectivity index is 1.03. The van der Waals surface area contributed by atoms with Crippen molar-refractivity contribution in [1.82, 2.24) is 41.5 Å². The predicted octanol–water partition coefficient (Wildman–Crippen LogP) is 6.93. The molecule has 6 aromatic rings. The minimum atomic E-state index is -1.40. The number of nitrogens with one attached hydrogen (secondary N) is 7. The molecule has 7 amide bonds. The fraction of sp³-hybridized carbons (Fsp3) is 0.431. The van der Waals surface area contributed by atoms with Crippen LogP contribution in [0.2, 0.25) is 0 Å². The molecule has 4 aromatic carbocycles. The average Bonchev–Trinajstić information content (AvgIpc) is 1.57. The van der Waals surface area contributed by atoms with Gasteiger partial charge in [-0.3, -0.25) is 52.9 Å². The smallest absolute Gasteiger partial charge is 0.246 e. The number of aromatic amines is 2. The quantitative estimate of drug-likeness (QED) is 0.0413. The molecule has 98 heavy (non-hydrogen) atoms. The van der Waals surface area contributed by atoms with Crippen molar-refractivity contribution in [1.29, 1.82) is 0 Å². The number of halogens is 1. The molecule has 2 bridgehead atoms. The molecule has 26 heteroatoms. The molecule has 2 aromatic heterocycles. The van der Waals surface area contributed by atoms with E-state index in [4.69, 9.17) is 11.5 Å². The Kier molecular flexibility index (Phi) is 26.1. The van der Waals surface area contributed by atoms with Crippen LogP contribution in [0.15, 0.2) is 119 Å². The van der Waals surface area contributed by atoms with Gasteiger partial charge in [0.15, 0.2) is 17.3 Å². The lowest BCUT2D eigenvalue weighted by atomic mass is 9.86. The van der Waals surface area contributed by atoms with E-state index in [1.807, 2.05) is 30.3 Å². The summed E-state index contributed by atoms with van der Waals surface area (Å²) in [7, 11) is 0. The Hall–Kier alpha value is -8.59. The molecule has 9 rings (SSSR count). The van der Waals surface area contributed by atoms with E-state index in [0.29, 0.717) is 92.9 Å². The van der Waals surface area contributed by atoms with Gasteiger partial charge in [0.2, 0.25) is 41.4 Å². The van der Waals surface area contributed by atoms with Crippen molar-refractivity contribution in [2.45, 2.75) is 150 Å². The number of ketones is 3. The number of H-pyrrole nitrogens is 2. The molecule has 22 nitrogen and oxygen atoms in total. The summed E-state index contributed by atoms with van der Waals surface area (Å²) in [6, 6.07) is 18.5. The summed E-state index contributed by atoms with van der Waals surface area (Å²) in [5.74, 6) is -8.16. The van der Waals surface area contributed by atoms with Gasteiger partial charge in [0, 0.05) is 138 Å². The van der Waals surface area contributed by atoms with Crippen molar-refractivity contribution in [3.63, 3.8) is 0 Å². The van der Waals surface area contributed by atoms with Gasteiger partial charge in [-0.2, -0.15) is 23.5 Å². The maximum Gasteiger partial charge on any atom is 0.246 e. The van der Waals surface area contributed by atoms with E-state index in [0.717, 1.165) is 16.7 Å². The molecule has 5 heterocycles. The number of nitrogens with zero attached hydrogens (tertiary/aromatic N) is 2. The van der Waals surface area contributed by atoms with Crippen molar-refractivity contribution < 1.29 is 57.4 Å². The molecule has 0 radical (unpaired) electrons. The summed E-state index contributed by atoms with van der Waals surface area (Å²) in [5.41, 5.74) is 16.0. The lowest BCUT2D eigenvalue weighted by molar-refractivity contribution is -0.146. The molecule has 1 saturated heterocycles. The number of fused-ring (bicyclic) bond motifs is 5. The van der Waals surface area contributed by atoms with Crippen molar-refractivity contribution in [3.8, 4) is 5.75 Å². The number of aromatic nitrogens is 2. The number of thiol groups is 1. The molecule has 0 aliphatic carbocycles. The number of phenols is 1. The summed E-state index contributed by atoms with van der Waals surface area (Å²) in [4.78, 5) is 157. The van der Waals surface area contributed by atoms with E-state index >= 15 is 19.2 Å². The lowest BCUT2D eigenvalue weighted by Crippen LogP contribution is -2.58. The van der Waals surface area contributed by atoms with Gasteiger partial charge in [0.05, 0.1) is 30.1 Å². The second-order valence-electron chi connectivity index (χ2n) is 25.9. The Morgan fingerprint density at radius 3 is 2.12 bits per heavy atom. The zero-order valence-electron chi connectivity index (χ0n) is 55.0. The van der Waals surface area contributed by atoms with E-state index in [2.05, 4.69) is 54.2 Å². The van der Waals surface area contributed by atoms with Crippen molar-refractivity contribution in [3.05, 3.63) is 143 Å². The fourth-order valence-corrected chi connectivity index (χ4v) is 15.0. The lowest BCUT2D eigenvalue weighted by Gasteiger charge is -2.37. The van der Waals surface area contributed by atoms with Crippen LogP contribution in [-0.4, -0.2) is 146 Å². The van der Waals surface area contributed by atoms with Gasteiger partial charge >= 0.3 is 0 Å². The maximum absolute atomic E-state index is 15.2. The third kappa shape index (κ3) is 20.1. The number of benzene rings is 4. The number of nitrogens with two attached hydrogens (primary N) is 2. The third-order valence-electron chi connectivity index (χ3n) is 18.5. The van der Waals surface area contributed by atoms with Gasteiger partial charge < -0.3 is 58.0 Å². The van der Waals surface area contributed by atoms with Gasteiger partial charge in [-0.05, 0) is 147 Å². The Morgan fingerprint density at radius 2 is 1.41 bits per heavy atom. The second kappa shape index (κ2) is 34.8. The second-order valence-corrected chi connectivity index (χ2v) is 28.5. The number of aliphatic imine (C=N–C) groups is 1. The summed E-state index contributed by atoms with van der Waals surface area (Å²) in [6.45, 7) is 3.01. The van der Waals surface area contributed by atoms with E-state index < -0.39 is 126 Å². The first-order valence-corrected chi connectivity index (χ1v) is 35.9. The van der Waals surface area contributed by atoms with E-state index in [1.165, 1.54) is 65.7 Å². The average molecular weight is 1400 g/mol. The summed E-state index contributed by atoms with van der Waals surface area (Å²) in [6.07, 6.45) is 7.50. The highest BCUT2D eigenvalue weighted by molar-refractivity contribution is 7.98. The largest absolute Gasteiger partial charge is 0.508 e. The first-order valence-electron chi connectivity index (χ1n) is 33.2. The normalized spacial score (nSPS) is 23.9. The summed E-state index contributed by atoms with van der Waals surface area (Å²) >= 11 is 7.51. The Bertz CT molecular complexity index is 3990. The van der Waals surface area contributed by atoms with E-state index in [-0.39, 0.29) is 75.2 Å². The van der Waals surface area contributed by atoms with E-state index in [1.54, 1.807) is 56.0 Å². The molecule has 3 aliphatic rings. The first-order chi connectivity index (χ1) is 47.0. The Morgan fingerprint density at radius 1 is 0.735 bits per heavy atom. The molecule has 8 atom stereocenters. The van der Waals surface area contributed by atoms with Crippen LogP contribution in [0.5, 0.6) is 5.75 Å². The van der Waals surface area contributed by atoms with Crippen LogP contribution in [-0.2, 0) is 78.7 Å². The van der Waals surface area contributed by atoms with Gasteiger partial charge in [0.25, 0.3) is 0 Å². The number of Topliss-reactive ketones (excluding diaryl/α,β-unsaturated/α-hetero) is 3.